The largest absolute Gasteiger partial charge is 0.383 e. The zero-order chi connectivity index (χ0) is 15.7. The molecule has 0 fully saturated rings. The molecule has 0 saturated heterocycles. The number of nitrogens with two attached hydrogens (primary N) is 1. The molecule has 0 bridgehead atoms. The second-order valence-electron chi connectivity index (χ2n) is 4.68. The highest BCUT2D eigenvalue weighted by molar-refractivity contribution is 9.08. The van der Waals surface area contributed by atoms with Crippen LogP contribution in [-0.4, -0.2) is 14.9 Å². The predicted molar refractivity (Wildman–Crippen MR) is 90.4 cm³/mol. The van der Waals surface area contributed by atoms with Crippen LogP contribution in [-0.2, 0) is 11.8 Å². The third-order valence-electron chi connectivity index (χ3n) is 3.35. The first kappa shape index (κ1) is 14.9. The maximum Gasteiger partial charge on any atom is 0.269 e. The number of hydrogen-bond acceptors (Lipinski definition) is 6. The number of hydrogen-bond donors (Lipinski definition) is 1. The number of fused-ring (bicyclic) bond motifs is 1. The van der Waals surface area contributed by atoms with E-state index in [1.54, 1.807) is 23.5 Å². The lowest BCUT2D eigenvalue weighted by atomic mass is 10.0. The van der Waals surface area contributed by atoms with Gasteiger partial charge < -0.3 is 5.73 Å². The van der Waals surface area contributed by atoms with E-state index in [9.17, 15) is 10.1 Å². The molecule has 0 aliphatic heterocycles. The van der Waals surface area contributed by atoms with E-state index in [1.165, 1.54) is 18.5 Å². The minimum Gasteiger partial charge on any atom is -0.383 e. The molecule has 0 spiro atoms. The van der Waals surface area contributed by atoms with Gasteiger partial charge >= 0.3 is 0 Å². The summed E-state index contributed by atoms with van der Waals surface area (Å²) in [7, 11) is 0. The van der Waals surface area contributed by atoms with E-state index in [4.69, 9.17) is 5.73 Å². The van der Waals surface area contributed by atoms with E-state index in [2.05, 4.69) is 25.9 Å². The quantitative estimate of drug-likeness (QED) is 0.424. The number of rotatable bonds is 4. The molecule has 0 saturated carbocycles. The standard InChI is InChI=1S/C14H11BrN4O2S/c15-6-11-10(12-13(16)17-7-18-14(12)22-11)5-8-1-3-9(4-2-8)19(20)21/h1-4,7H,5-6H2,(H2,16,17,18). The van der Waals surface area contributed by atoms with Gasteiger partial charge in [-0.2, -0.15) is 0 Å². The summed E-state index contributed by atoms with van der Waals surface area (Å²) in [6.45, 7) is 0. The van der Waals surface area contributed by atoms with Crippen molar-refractivity contribution in [1.82, 2.24) is 9.97 Å². The first-order chi connectivity index (χ1) is 10.6. The van der Waals surface area contributed by atoms with Crippen molar-refractivity contribution in [3.63, 3.8) is 0 Å². The highest BCUT2D eigenvalue weighted by atomic mass is 79.9. The SMILES string of the molecule is Nc1ncnc2sc(CBr)c(Cc3ccc([N+](=O)[O-])cc3)c12. The van der Waals surface area contributed by atoms with E-state index in [0.717, 1.165) is 26.2 Å². The molecule has 112 valence electrons. The number of thiophene rings is 1. The highest BCUT2D eigenvalue weighted by Crippen LogP contribution is 2.35. The van der Waals surface area contributed by atoms with Crippen molar-refractivity contribution in [2.24, 2.45) is 0 Å². The summed E-state index contributed by atoms with van der Waals surface area (Å²) in [4.78, 5) is 20.6. The van der Waals surface area contributed by atoms with Crippen molar-refractivity contribution in [3.05, 3.63) is 56.7 Å². The molecule has 3 rings (SSSR count). The first-order valence-electron chi connectivity index (χ1n) is 6.40. The minimum atomic E-state index is -0.403. The molecule has 0 radical (unpaired) electrons. The maximum absolute atomic E-state index is 10.7. The van der Waals surface area contributed by atoms with E-state index in [1.807, 2.05) is 0 Å². The number of benzene rings is 1. The fourth-order valence-electron chi connectivity index (χ4n) is 2.30. The third-order valence-corrected chi connectivity index (χ3v) is 5.42. The fourth-order valence-corrected chi connectivity index (χ4v) is 3.99. The summed E-state index contributed by atoms with van der Waals surface area (Å²) >= 11 is 5.07. The Morgan fingerprint density at radius 1 is 1.27 bits per heavy atom. The third kappa shape index (κ3) is 2.67. The molecule has 2 N–H and O–H groups in total. The van der Waals surface area contributed by atoms with Crippen molar-refractivity contribution in [1.29, 1.82) is 0 Å². The van der Waals surface area contributed by atoms with Gasteiger partial charge in [-0.15, -0.1) is 11.3 Å². The lowest BCUT2D eigenvalue weighted by Crippen LogP contribution is -1.96. The van der Waals surface area contributed by atoms with E-state index in [-0.39, 0.29) is 5.69 Å². The van der Waals surface area contributed by atoms with Gasteiger partial charge in [-0.05, 0) is 17.5 Å². The Balaban J connectivity index is 2.04. The molecule has 22 heavy (non-hydrogen) atoms. The van der Waals surface area contributed by atoms with Crippen molar-refractivity contribution in [2.45, 2.75) is 11.8 Å². The summed E-state index contributed by atoms with van der Waals surface area (Å²) in [5.41, 5.74) is 8.13. The predicted octanol–water partition coefficient (Wildman–Crippen LogP) is 3.67. The number of non-ortho nitro benzene ring substituents is 1. The molecule has 0 unspecified atom stereocenters. The number of nitro benzene ring substituents is 1. The Bertz CT molecular complexity index is 848. The monoisotopic (exact) mass is 378 g/mol. The van der Waals surface area contributed by atoms with Crippen LogP contribution < -0.4 is 5.73 Å². The van der Waals surface area contributed by atoms with Crippen LogP contribution in [0.25, 0.3) is 10.2 Å². The summed E-state index contributed by atoms with van der Waals surface area (Å²) in [6, 6.07) is 6.55. The molecule has 0 aliphatic carbocycles. The van der Waals surface area contributed by atoms with Crippen LogP contribution in [0.5, 0.6) is 0 Å². The van der Waals surface area contributed by atoms with E-state index in [0.29, 0.717) is 17.6 Å². The normalized spacial score (nSPS) is 11.0. The van der Waals surface area contributed by atoms with Gasteiger partial charge in [0.25, 0.3) is 5.69 Å². The van der Waals surface area contributed by atoms with Crippen LogP contribution in [0.3, 0.4) is 0 Å². The van der Waals surface area contributed by atoms with Gasteiger partial charge in [0.05, 0.1) is 10.3 Å². The van der Waals surface area contributed by atoms with Crippen LogP contribution >= 0.6 is 27.3 Å². The lowest BCUT2D eigenvalue weighted by Gasteiger charge is -2.04. The zero-order valence-electron chi connectivity index (χ0n) is 11.3. The fraction of sp³-hybridized carbons (Fsp3) is 0.143. The molecule has 0 atom stereocenters. The van der Waals surface area contributed by atoms with Gasteiger partial charge in [0.1, 0.15) is 17.0 Å². The lowest BCUT2D eigenvalue weighted by molar-refractivity contribution is -0.384. The molecule has 1 aromatic carbocycles. The smallest absolute Gasteiger partial charge is 0.269 e. The molecule has 3 aromatic rings. The van der Waals surface area contributed by atoms with Crippen LogP contribution in [0.1, 0.15) is 16.0 Å². The van der Waals surface area contributed by atoms with Gasteiger partial charge in [-0.3, -0.25) is 10.1 Å². The average Bonchev–Trinajstić information content (AvgIpc) is 2.87. The van der Waals surface area contributed by atoms with Gasteiger partial charge in [-0.1, -0.05) is 28.1 Å². The van der Waals surface area contributed by atoms with Crippen molar-refractivity contribution >= 4 is 49.0 Å². The van der Waals surface area contributed by atoms with Crippen molar-refractivity contribution in [3.8, 4) is 0 Å². The van der Waals surface area contributed by atoms with Crippen LogP contribution in [0, 0.1) is 10.1 Å². The van der Waals surface area contributed by atoms with Gasteiger partial charge in [0, 0.05) is 22.3 Å². The summed E-state index contributed by atoms with van der Waals surface area (Å²) in [5.74, 6) is 0.463. The van der Waals surface area contributed by atoms with Gasteiger partial charge in [0.2, 0.25) is 0 Å². The van der Waals surface area contributed by atoms with Crippen LogP contribution in [0.2, 0.25) is 0 Å². The van der Waals surface area contributed by atoms with Gasteiger partial charge in [-0.25, -0.2) is 9.97 Å². The molecule has 2 heterocycles. The topological polar surface area (TPSA) is 94.9 Å². The number of halogens is 1. The second-order valence-corrected chi connectivity index (χ2v) is 6.32. The minimum absolute atomic E-state index is 0.0856. The number of nitro groups is 1. The summed E-state index contributed by atoms with van der Waals surface area (Å²) in [5, 5.41) is 12.3. The number of anilines is 1. The zero-order valence-corrected chi connectivity index (χ0v) is 13.7. The first-order valence-corrected chi connectivity index (χ1v) is 8.34. The number of aromatic nitrogens is 2. The van der Waals surface area contributed by atoms with Crippen LogP contribution in [0.15, 0.2) is 30.6 Å². The number of alkyl halides is 1. The van der Waals surface area contributed by atoms with Crippen LogP contribution in [0.4, 0.5) is 11.5 Å². The molecule has 2 aromatic heterocycles. The van der Waals surface area contributed by atoms with Gasteiger partial charge in [0.15, 0.2) is 0 Å². The van der Waals surface area contributed by atoms with Crippen molar-refractivity contribution < 1.29 is 4.92 Å². The summed E-state index contributed by atoms with van der Waals surface area (Å²) < 4.78 is 0. The molecule has 0 amide bonds. The molecule has 0 aliphatic rings. The molecular formula is C14H11BrN4O2S. The molecular weight excluding hydrogens is 368 g/mol. The maximum atomic E-state index is 10.7. The Hall–Kier alpha value is -2.06. The second kappa shape index (κ2) is 5.98. The Morgan fingerprint density at radius 2 is 2.00 bits per heavy atom. The van der Waals surface area contributed by atoms with E-state index >= 15 is 0 Å². The number of nitrogens with zero attached hydrogens (tertiary/aromatic N) is 3. The van der Waals surface area contributed by atoms with Crippen molar-refractivity contribution in [2.75, 3.05) is 5.73 Å². The molecule has 8 heteroatoms. The Morgan fingerprint density at radius 3 is 2.64 bits per heavy atom. The Kier molecular flexibility index (Phi) is 4.04. The van der Waals surface area contributed by atoms with E-state index < -0.39 is 4.92 Å². The molecule has 6 nitrogen and oxygen atoms in total. The average molecular weight is 379 g/mol. The highest BCUT2D eigenvalue weighted by Gasteiger charge is 2.16. The Labute approximate surface area is 138 Å². The summed E-state index contributed by atoms with van der Waals surface area (Å²) in [6.07, 6.45) is 2.10. The number of nitrogen functional groups attached to an aromatic ring is 1.